The van der Waals surface area contributed by atoms with Gasteiger partial charge in [-0.1, -0.05) is 0 Å². The highest BCUT2D eigenvalue weighted by molar-refractivity contribution is 5.42. The van der Waals surface area contributed by atoms with E-state index in [1.54, 1.807) is 12.4 Å². The van der Waals surface area contributed by atoms with E-state index < -0.39 is 0 Å². The normalized spacial score (nSPS) is 19.1. The van der Waals surface area contributed by atoms with Gasteiger partial charge in [0, 0.05) is 37.1 Å². The van der Waals surface area contributed by atoms with Crippen LogP contribution in [0.25, 0.3) is 0 Å². The molecule has 1 aliphatic rings. The highest BCUT2D eigenvalue weighted by Gasteiger charge is 2.22. The summed E-state index contributed by atoms with van der Waals surface area (Å²) in [7, 11) is 0. The first-order valence-electron chi connectivity index (χ1n) is 6.47. The van der Waals surface area contributed by atoms with Gasteiger partial charge in [-0.05, 0) is 31.0 Å². The smallest absolute Gasteiger partial charge is 0.128 e. The minimum absolute atomic E-state index is 0.480. The van der Waals surface area contributed by atoms with Gasteiger partial charge in [0.2, 0.25) is 0 Å². The van der Waals surface area contributed by atoms with E-state index in [1.165, 1.54) is 12.1 Å². The number of aromatic amines is 1. The lowest BCUT2D eigenvalue weighted by Gasteiger charge is -2.33. The molecule has 0 saturated carbocycles. The molecule has 0 aromatic carbocycles. The van der Waals surface area contributed by atoms with Crippen LogP contribution in [0.2, 0.25) is 0 Å². The SMILES string of the molecule is N#Cc1ccc(N2CCC[C@H](c3ccn[nH]3)C2)nc1. The third kappa shape index (κ3) is 2.43. The highest BCUT2D eigenvalue weighted by atomic mass is 15.2. The number of hydrogen-bond donors (Lipinski definition) is 1. The van der Waals surface area contributed by atoms with Crippen molar-refractivity contribution in [1.82, 2.24) is 15.2 Å². The zero-order valence-electron chi connectivity index (χ0n) is 10.6. The van der Waals surface area contributed by atoms with Crippen molar-refractivity contribution >= 4 is 5.82 Å². The maximum Gasteiger partial charge on any atom is 0.128 e. The molecule has 2 aromatic rings. The molecule has 3 heterocycles. The molecule has 0 bridgehead atoms. The molecule has 3 rings (SSSR count). The summed E-state index contributed by atoms with van der Waals surface area (Å²) in [5.74, 6) is 1.43. The highest BCUT2D eigenvalue weighted by Crippen LogP contribution is 2.27. The maximum absolute atomic E-state index is 8.79. The van der Waals surface area contributed by atoms with Crippen molar-refractivity contribution in [3.63, 3.8) is 0 Å². The van der Waals surface area contributed by atoms with Gasteiger partial charge in [-0.25, -0.2) is 4.98 Å². The monoisotopic (exact) mass is 253 g/mol. The molecule has 1 saturated heterocycles. The average molecular weight is 253 g/mol. The van der Waals surface area contributed by atoms with Crippen molar-refractivity contribution < 1.29 is 0 Å². The van der Waals surface area contributed by atoms with Gasteiger partial charge in [-0.15, -0.1) is 0 Å². The van der Waals surface area contributed by atoms with Gasteiger partial charge in [-0.2, -0.15) is 10.4 Å². The van der Waals surface area contributed by atoms with E-state index in [-0.39, 0.29) is 0 Å². The summed E-state index contributed by atoms with van der Waals surface area (Å²) in [4.78, 5) is 6.64. The van der Waals surface area contributed by atoms with E-state index in [0.717, 1.165) is 25.3 Å². The van der Waals surface area contributed by atoms with Crippen molar-refractivity contribution in [3.8, 4) is 6.07 Å². The predicted molar refractivity (Wildman–Crippen MR) is 71.7 cm³/mol. The quantitative estimate of drug-likeness (QED) is 0.889. The van der Waals surface area contributed by atoms with E-state index in [9.17, 15) is 0 Å². The van der Waals surface area contributed by atoms with Crippen LogP contribution in [0.1, 0.15) is 30.0 Å². The molecule has 19 heavy (non-hydrogen) atoms. The van der Waals surface area contributed by atoms with E-state index >= 15 is 0 Å². The topological polar surface area (TPSA) is 68.6 Å². The number of H-pyrrole nitrogens is 1. The zero-order valence-corrected chi connectivity index (χ0v) is 10.6. The second-order valence-corrected chi connectivity index (χ2v) is 4.81. The van der Waals surface area contributed by atoms with Crippen LogP contribution in [0.3, 0.4) is 0 Å². The Morgan fingerprint density at radius 3 is 3.00 bits per heavy atom. The summed E-state index contributed by atoms with van der Waals surface area (Å²) < 4.78 is 0. The molecule has 5 nitrogen and oxygen atoms in total. The fourth-order valence-electron chi connectivity index (χ4n) is 2.57. The molecule has 1 aliphatic heterocycles. The van der Waals surface area contributed by atoms with Gasteiger partial charge in [0.25, 0.3) is 0 Å². The van der Waals surface area contributed by atoms with Gasteiger partial charge in [0.05, 0.1) is 5.56 Å². The number of nitriles is 1. The van der Waals surface area contributed by atoms with Gasteiger partial charge >= 0.3 is 0 Å². The minimum Gasteiger partial charge on any atom is -0.356 e. The van der Waals surface area contributed by atoms with E-state index in [2.05, 4.69) is 26.2 Å². The number of hydrogen-bond acceptors (Lipinski definition) is 4. The Bertz CT molecular complexity index is 567. The van der Waals surface area contributed by atoms with Crippen LogP contribution in [0, 0.1) is 11.3 Å². The first kappa shape index (κ1) is 11.7. The Labute approximate surface area is 111 Å². The van der Waals surface area contributed by atoms with Crippen molar-refractivity contribution in [2.24, 2.45) is 0 Å². The molecule has 1 atom stereocenters. The molecule has 0 unspecified atom stereocenters. The Hall–Kier alpha value is -2.35. The summed E-state index contributed by atoms with van der Waals surface area (Å²) in [5, 5.41) is 15.9. The molecule has 1 fully saturated rings. The maximum atomic E-state index is 8.79. The minimum atomic E-state index is 0.480. The molecule has 1 N–H and O–H groups in total. The van der Waals surface area contributed by atoms with Crippen molar-refractivity contribution in [2.45, 2.75) is 18.8 Å². The molecule has 5 heteroatoms. The number of aromatic nitrogens is 3. The molecule has 0 radical (unpaired) electrons. The number of nitrogens with zero attached hydrogens (tertiary/aromatic N) is 4. The van der Waals surface area contributed by atoms with Crippen LogP contribution in [-0.4, -0.2) is 28.3 Å². The van der Waals surface area contributed by atoms with Crippen LogP contribution in [0.4, 0.5) is 5.82 Å². The van der Waals surface area contributed by atoms with Gasteiger partial charge < -0.3 is 4.90 Å². The lowest BCUT2D eigenvalue weighted by molar-refractivity contribution is 0.498. The molecular formula is C14H15N5. The van der Waals surface area contributed by atoms with Crippen LogP contribution in [-0.2, 0) is 0 Å². The first-order valence-corrected chi connectivity index (χ1v) is 6.47. The number of rotatable bonds is 2. The molecule has 96 valence electrons. The van der Waals surface area contributed by atoms with Crippen molar-refractivity contribution in [2.75, 3.05) is 18.0 Å². The third-order valence-electron chi connectivity index (χ3n) is 3.58. The van der Waals surface area contributed by atoms with Crippen LogP contribution in [0.5, 0.6) is 0 Å². The summed E-state index contributed by atoms with van der Waals surface area (Å²) in [6, 6.07) is 7.88. The van der Waals surface area contributed by atoms with Crippen molar-refractivity contribution in [3.05, 3.63) is 41.9 Å². The number of pyridine rings is 1. The molecule has 0 amide bonds. The first-order chi connectivity index (χ1) is 9.36. The van der Waals surface area contributed by atoms with Crippen LogP contribution in [0.15, 0.2) is 30.6 Å². The van der Waals surface area contributed by atoms with Crippen LogP contribution >= 0.6 is 0 Å². The summed E-state index contributed by atoms with van der Waals surface area (Å²) in [6.07, 6.45) is 5.75. The molecule has 0 aliphatic carbocycles. The van der Waals surface area contributed by atoms with Crippen LogP contribution < -0.4 is 4.90 Å². The Balaban J connectivity index is 1.76. The number of piperidine rings is 1. The Kier molecular flexibility index (Phi) is 3.15. The zero-order chi connectivity index (χ0) is 13.1. The molecular weight excluding hydrogens is 238 g/mol. The number of nitrogens with one attached hydrogen (secondary N) is 1. The van der Waals surface area contributed by atoms with E-state index in [1.807, 2.05) is 18.2 Å². The second kappa shape index (κ2) is 5.11. The Morgan fingerprint density at radius 1 is 1.37 bits per heavy atom. The van der Waals surface area contributed by atoms with Gasteiger partial charge in [0.15, 0.2) is 0 Å². The summed E-state index contributed by atoms with van der Waals surface area (Å²) in [6.45, 7) is 1.96. The average Bonchev–Trinajstić information content (AvgIpc) is 3.02. The predicted octanol–water partition coefficient (Wildman–Crippen LogP) is 2.06. The second-order valence-electron chi connectivity index (χ2n) is 4.81. The summed E-state index contributed by atoms with van der Waals surface area (Å²) >= 11 is 0. The number of anilines is 1. The fraction of sp³-hybridized carbons (Fsp3) is 0.357. The lowest BCUT2D eigenvalue weighted by Crippen LogP contribution is -2.35. The third-order valence-corrected chi connectivity index (χ3v) is 3.58. The summed E-state index contributed by atoms with van der Waals surface area (Å²) in [5.41, 5.74) is 1.80. The Morgan fingerprint density at radius 2 is 2.32 bits per heavy atom. The van der Waals surface area contributed by atoms with Gasteiger partial charge in [0.1, 0.15) is 11.9 Å². The van der Waals surface area contributed by atoms with Crippen molar-refractivity contribution in [1.29, 1.82) is 5.26 Å². The standard InChI is InChI=1S/C14H15N5/c15-8-11-3-4-14(16-9-11)19-7-1-2-12(10-19)13-5-6-17-18-13/h3-6,9,12H,1-2,7,10H2,(H,17,18)/t12-/m0/s1. The fourth-order valence-corrected chi connectivity index (χ4v) is 2.57. The van der Waals surface area contributed by atoms with E-state index in [4.69, 9.17) is 5.26 Å². The molecule has 2 aromatic heterocycles. The van der Waals surface area contributed by atoms with E-state index in [0.29, 0.717) is 11.5 Å². The lowest BCUT2D eigenvalue weighted by atomic mass is 9.95. The van der Waals surface area contributed by atoms with Gasteiger partial charge in [-0.3, -0.25) is 5.10 Å². The molecule has 0 spiro atoms. The largest absolute Gasteiger partial charge is 0.356 e.